The van der Waals surface area contributed by atoms with E-state index in [0.29, 0.717) is 6.61 Å². The van der Waals surface area contributed by atoms with Crippen LogP contribution in [0.4, 0.5) is 0 Å². The first-order valence-corrected chi connectivity index (χ1v) is 6.51. The van der Waals surface area contributed by atoms with E-state index in [-0.39, 0.29) is 6.10 Å². The lowest BCUT2D eigenvalue weighted by atomic mass is 10.2. The number of halogens is 1. The van der Waals surface area contributed by atoms with Gasteiger partial charge in [-0.1, -0.05) is 0 Å². The van der Waals surface area contributed by atoms with Crippen LogP contribution in [0.25, 0.3) is 0 Å². The lowest BCUT2D eigenvalue weighted by Crippen LogP contribution is -2.22. The van der Waals surface area contributed by atoms with Gasteiger partial charge in [0.2, 0.25) is 0 Å². The second-order valence-corrected chi connectivity index (χ2v) is 5.12. The highest BCUT2D eigenvalue weighted by Gasteiger charge is 2.03. The van der Waals surface area contributed by atoms with Gasteiger partial charge in [0.15, 0.2) is 0 Å². The van der Waals surface area contributed by atoms with Crippen LogP contribution in [0.5, 0.6) is 0 Å². The van der Waals surface area contributed by atoms with Crippen LogP contribution in [0.15, 0.2) is 15.9 Å². The number of nitrogens with one attached hydrogen (secondary N) is 1. The third-order valence-electron chi connectivity index (χ3n) is 1.99. The van der Waals surface area contributed by atoms with Crippen LogP contribution in [0, 0.1) is 0 Å². The summed E-state index contributed by atoms with van der Waals surface area (Å²) in [5, 5.41) is 14.7. The highest BCUT2D eigenvalue weighted by atomic mass is 79.9. The predicted octanol–water partition coefficient (Wildman–Crippen LogP) is 2.00. The van der Waals surface area contributed by atoms with Crippen molar-refractivity contribution < 1.29 is 9.84 Å². The average molecular weight is 294 g/mol. The fourth-order valence-electron chi connectivity index (χ4n) is 1.20. The first-order valence-electron chi connectivity index (χ1n) is 4.83. The summed E-state index contributed by atoms with van der Waals surface area (Å²) in [6, 6.07) is 2.04. The largest absolute Gasteiger partial charge is 0.391 e. The number of aliphatic hydroxyl groups excluding tert-OH is 1. The Morgan fingerprint density at radius 3 is 3.07 bits per heavy atom. The Morgan fingerprint density at radius 1 is 1.67 bits per heavy atom. The Labute approximate surface area is 103 Å². The van der Waals surface area contributed by atoms with Crippen molar-refractivity contribution in [2.45, 2.75) is 19.1 Å². The van der Waals surface area contributed by atoms with Crippen LogP contribution in [-0.4, -0.2) is 31.5 Å². The monoisotopic (exact) mass is 293 g/mol. The van der Waals surface area contributed by atoms with Gasteiger partial charge in [0.25, 0.3) is 0 Å². The minimum Gasteiger partial charge on any atom is -0.391 e. The van der Waals surface area contributed by atoms with E-state index in [1.165, 1.54) is 4.88 Å². The topological polar surface area (TPSA) is 41.5 Å². The molecule has 0 aromatic carbocycles. The molecule has 1 aromatic heterocycles. The molecular formula is C10H16BrNO2S. The molecule has 1 heterocycles. The van der Waals surface area contributed by atoms with Gasteiger partial charge in [0.1, 0.15) is 0 Å². The zero-order valence-corrected chi connectivity index (χ0v) is 11.1. The Kier molecular flexibility index (Phi) is 6.43. The van der Waals surface area contributed by atoms with E-state index >= 15 is 0 Å². The van der Waals surface area contributed by atoms with Crippen LogP contribution < -0.4 is 5.32 Å². The SMILES string of the molecule is COCC(O)CCNCc1sccc1Br. The Bertz CT molecular complexity index is 280. The van der Waals surface area contributed by atoms with Crippen molar-refractivity contribution in [1.82, 2.24) is 5.32 Å². The highest BCUT2D eigenvalue weighted by molar-refractivity contribution is 9.10. The van der Waals surface area contributed by atoms with Crippen molar-refractivity contribution in [3.63, 3.8) is 0 Å². The molecule has 2 N–H and O–H groups in total. The van der Waals surface area contributed by atoms with Gasteiger partial charge in [-0.05, 0) is 40.3 Å². The van der Waals surface area contributed by atoms with E-state index in [1.54, 1.807) is 18.4 Å². The normalized spacial score (nSPS) is 13.0. The van der Waals surface area contributed by atoms with Gasteiger partial charge in [-0.15, -0.1) is 11.3 Å². The predicted molar refractivity (Wildman–Crippen MR) is 66.2 cm³/mol. The molecule has 15 heavy (non-hydrogen) atoms. The molecule has 0 aliphatic rings. The van der Waals surface area contributed by atoms with Crippen molar-refractivity contribution in [3.05, 3.63) is 20.8 Å². The molecule has 0 saturated carbocycles. The minimum absolute atomic E-state index is 0.366. The minimum atomic E-state index is -0.366. The molecule has 0 bridgehead atoms. The van der Waals surface area contributed by atoms with Crippen LogP contribution in [0.1, 0.15) is 11.3 Å². The third-order valence-corrected chi connectivity index (χ3v) is 3.92. The molecule has 1 aromatic rings. The average Bonchev–Trinajstić information content (AvgIpc) is 2.60. The number of aliphatic hydroxyl groups is 1. The quantitative estimate of drug-likeness (QED) is 0.756. The van der Waals surface area contributed by atoms with Crippen molar-refractivity contribution in [2.75, 3.05) is 20.3 Å². The summed E-state index contributed by atoms with van der Waals surface area (Å²) in [4.78, 5) is 1.29. The van der Waals surface area contributed by atoms with Gasteiger partial charge in [-0.3, -0.25) is 0 Å². The van der Waals surface area contributed by atoms with Gasteiger partial charge in [0.05, 0.1) is 12.7 Å². The molecule has 0 spiro atoms. The number of hydrogen-bond donors (Lipinski definition) is 2. The Balaban J connectivity index is 2.09. The molecule has 0 aliphatic heterocycles. The molecule has 1 rings (SSSR count). The standard InChI is InChI=1S/C10H16BrNO2S/c1-14-7-8(13)2-4-12-6-10-9(11)3-5-15-10/h3,5,8,12-13H,2,4,6-7H2,1H3. The first kappa shape index (κ1) is 13.1. The maximum Gasteiger partial charge on any atom is 0.0785 e. The number of hydrogen-bond acceptors (Lipinski definition) is 4. The first-order chi connectivity index (χ1) is 7.24. The van der Waals surface area contributed by atoms with E-state index in [0.717, 1.165) is 24.0 Å². The van der Waals surface area contributed by atoms with Gasteiger partial charge >= 0.3 is 0 Å². The van der Waals surface area contributed by atoms with Crippen molar-refractivity contribution in [1.29, 1.82) is 0 Å². The van der Waals surface area contributed by atoms with Crippen LogP contribution in [0.2, 0.25) is 0 Å². The third kappa shape index (κ3) is 5.08. The van der Waals surface area contributed by atoms with Gasteiger partial charge in [-0.25, -0.2) is 0 Å². The summed E-state index contributed by atoms with van der Waals surface area (Å²) in [6.07, 6.45) is 0.353. The summed E-state index contributed by atoms with van der Waals surface area (Å²) in [7, 11) is 1.60. The Hall–Kier alpha value is 0.0600. The fourth-order valence-corrected chi connectivity index (χ4v) is 2.66. The van der Waals surface area contributed by atoms with E-state index in [9.17, 15) is 5.11 Å². The van der Waals surface area contributed by atoms with Crippen LogP contribution in [0.3, 0.4) is 0 Å². The molecule has 0 amide bonds. The second kappa shape index (κ2) is 7.35. The molecule has 1 atom stereocenters. The van der Waals surface area contributed by atoms with E-state index in [4.69, 9.17) is 4.74 Å². The van der Waals surface area contributed by atoms with E-state index in [2.05, 4.69) is 26.6 Å². The summed E-state index contributed by atoms with van der Waals surface area (Å²) in [6.45, 7) is 2.05. The maximum absolute atomic E-state index is 9.39. The summed E-state index contributed by atoms with van der Waals surface area (Å²) in [5.74, 6) is 0. The number of methoxy groups -OCH3 is 1. The number of rotatable bonds is 7. The molecule has 0 aliphatic carbocycles. The molecule has 0 fully saturated rings. The molecular weight excluding hydrogens is 278 g/mol. The lowest BCUT2D eigenvalue weighted by Gasteiger charge is -2.09. The Morgan fingerprint density at radius 2 is 2.47 bits per heavy atom. The lowest BCUT2D eigenvalue weighted by molar-refractivity contribution is 0.0594. The molecule has 0 radical (unpaired) electrons. The van der Waals surface area contributed by atoms with Crippen molar-refractivity contribution >= 4 is 27.3 Å². The fraction of sp³-hybridized carbons (Fsp3) is 0.600. The van der Waals surface area contributed by atoms with E-state index < -0.39 is 0 Å². The summed E-state index contributed by atoms with van der Waals surface area (Å²) >= 11 is 5.20. The molecule has 5 heteroatoms. The second-order valence-electron chi connectivity index (χ2n) is 3.27. The van der Waals surface area contributed by atoms with E-state index in [1.807, 2.05) is 6.07 Å². The summed E-state index contributed by atoms with van der Waals surface area (Å²) < 4.78 is 5.99. The molecule has 0 saturated heterocycles. The van der Waals surface area contributed by atoms with Crippen molar-refractivity contribution in [2.24, 2.45) is 0 Å². The van der Waals surface area contributed by atoms with Crippen molar-refractivity contribution in [3.8, 4) is 0 Å². The molecule has 3 nitrogen and oxygen atoms in total. The van der Waals surface area contributed by atoms with Crippen LogP contribution in [-0.2, 0) is 11.3 Å². The number of thiophene rings is 1. The molecule has 86 valence electrons. The van der Waals surface area contributed by atoms with Gasteiger partial charge in [0, 0.05) is 23.0 Å². The highest BCUT2D eigenvalue weighted by Crippen LogP contribution is 2.21. The zero-order chi connectivity index (χ0) is 11.1. The zero-order valence-electron chi connectivity index (χ0n) is 8.70. The van der Waals surface area contributed by atoms with Gasteiger partial charge in [-0.2, -0.15) is 0 Å². The van der Waals surface area contributed by atoms with Gasteiger partial charge < -0.3 is 15.2 Å². The molecule has 1 unspecified atom stereocenters. The smallest absolute Gasteiger partial charge is 0.0785 e. The van der Waals surface area contributed by atoms with Crippen LogP contribution >= 0.6 is 27.3 Å². The number of ether oxygens (including phenoxy) is 1. The maximum atomic E-state index is 9.39. The summed E-state index contributed by atoms with van der Waals surface area (Å²) in [5.41, 5.74) is 0.